The number of H-pyrrole nitrogens is 2. The molecule has 0 aliphatic carbocycles. The van der Waals surface area contributed by atoms with Crippen molar-refractivity contribution in [3.63, 3.8) is 0 Å². The molecule has 0 aliphatic heterocycles. The number of hydrogen-bond donors (Lipinski definition) is 6. The number of fused-ring (bicyclic) bond motifs is 2. The highest BCUT2D eigenvalue weighted by molar-refractivity contribution is 5.92. The second-order valence-corrected chi connectivity index (χ2v) is 10.8. The van der Waals surface area contributed by atoms with Crippen LogP contribution in [0.4, 0.5) is 4.79 Å². The highest BCUT2D eigenvalue weighted by Gasteiger charge is 2.28. The summed E-state index contributed by atoms with van der Waals surface area (Å²) in [5.74, 6) is -0.362. The van der Waals surface area contributed by atoms with Crippen LogP contribution in [0.15, 0.2) is 54.9 Å². The Morgan fingerprint density at radius 1 is 0.902 bits per heavy atom. The van der Waals surface area contributed by atoms with Gasteiger partial charge in [-0.2, -0.15) is 0 Å². The largest absolute Gasteiger partial charge is 0.497 e. The van der Waals surface area contributed by atoms with Crippen LogP contribution in [-0.2, 0) is 27.2 Å². The standard InChI is InChI=1S/C30H37N5O6/c1-30(2,3)41-29(39)35-26(17-36)28(38)34-25(13-19-16-33-23-8-6-5-7-21(19)23)27(37)31-12-11-18-15-32-24-10-9-20(40-4)14-22(18)24/h5-10,14-16,25-26,32-33,36H,11-13,17H2,1-4H3,(H,31,37)(H,34,38)(H,35,39)/t25-,26-/m0/s1. The maximum atomic E-state index is 13.4. The number of methoxy groups -OCH3 is 1. The second-order valence-electron chi connectivity index (χ2n) is 10.8. The van der Waals surface area contributed by atoms with Gasteiger partial charge < -0.3 is 40.5 Å². The van der Waals surface area contributed by atoms with Gasteiger partial charge in [0, 0.05) is 47.2 Å². The molecule has 2 aromatic carbocycles. The molecule has 0 radical (unpaired) electrons. The van der Waals surface area contributed by atoms with Crippen molar-refractivity contribution in [3.8, 4) is 5.75 Å². The minimum Gasteiger partial charge on any atom is -0.497 e. The van der Waals surface area contributed by atoms with Gasteiger partial charge in [-0.15, -0.1) is 0 Å². The van der Waals surface area contributed by atoms with Crippen LogP contribution >= 0.6 is 0 Å². The van der Waals surface area contributed by atoms with Crippen LogP contribution in [0.25, 0.3) is 21.8 Å². The Morgan fingerprint density at radius 3 is 2.32 bits per heavy atom. The van der Waals surface area contributed by atoms with Crippen molar-refractivity contribution >= 4 is 39.7 Å². The molecule has 0 bridgehead atoms. The van der Waals surface area contributed by atoms with Gasteiger partial charge in [0.05, 0.1) is 13.7 Å². The summed E-state index contributed by atoms with van der Waals surface area (Å²) in [5.41, 5.74) is 2.93. The van der Waals surface area contributed by atoms with Gasteiger partial charge in [0.15, 0.2) is 0 Å². The molecule has 0 unspecified atom stereocenters. The van der Waals surface area contributed by atoms with Gasteiger partial charge in [-0.1, -0.05) is 18.2 Å². The fourth-order valence-electron chi connectivity index (χ4n) is 4.58. The number of para-hydroxylation sites is 1. The fraction of sp³-hybridized carbons (Fsp3) is 0.367. The van der Waals surface area contributed by atoms with E-state index >= 15 is 0 Å². The molecule has 0 saturated carbocycles. The summed E-state index contributed by atoms with van der Waals surface area (Å²) in [5, 5.41) is 19.7. The van der Waals surface area contributed by atoms with Gasteiger partial charge in [0.2, 0.25) is 11.8 Å². The zero-order chi connectivity index (χ0) is 29.6. The van der Waals surface area contributed by atoms with Crippen LogP contribution in [0.1, 0.15) is 31.9 Å². The quantitative estimate of drug-likeness (QED) is 0.165. The Hall–Kier alpha value is -4.51. The summed E-state index contributed by atoms with van der Waals surface area (Å²) in [7, 11) is 1.61. The van der Waals surface area contributed by atoms with Gasteiger partial charge in [-0.3, -0.25) is 9.59 Å². The Kier molecular flexibility index (Phi) is 9.18. The van der Waals surface area contributed by atoms with Crippen molar-refractivity contribution in [1.82, 2.24) is 25.9 Å². The van der Waals surface area contributed by atoms with Gasteiger partial charge in [-0.05, 0) is 62.6 Å². The lowest BCUT2D eigenvalue weighted by Gasteiger charge is -2.24. The van der Waals surface area contributed by atoms with Crippen LogP contribution < -0.4 is 20.7 Å². The number of aromatic amines is 2. The molecular weight excluding hydrogens is 526 g/mol. The van der Waals surface area contributed by atoms with Crippen LogP contribution in [0.5, 0.6) is 5.75 Å². The van der Waals surface area contributed by atoms with E-state index in [0.717, 1.165) is 38.7 Å². The average Bonchev–Trinajstić information content (AvgIpc) is 3.53. The molecule has 6 N–H and O–H groups in total. The van der Waals surface area contributed by atoms with E-state index in [2.05, 4.69) is 25.9 Å². The number of aromatic nitrogens is 2. The summed E-state index contributed by atoms with van der Waals surface area (Å²) < 4.78 is 10.5. The molecule has 11 heteroatoms. The Morgan fingerprint density at radius 2 is 1.61 bits per heavy atom. The number of hydrogen-bond acceptors (Lipinski definition) is 6. The summed E-state index contributed by atoms with van der Waals surface area (Å²) in [6, 6.07) is 11.1. The first kappa shape index (κ1) is 29.5. The number of carbonyl (C=O) groups excluding carboxylic acids is 3. The van der Waals surface area contributed by atoms with Crippen LogP contribution in [0, 0.1) is 0 Å². The molecular formula is C30H37N5O6. The van der Waals surface area contributed by atoms with E-state index in [0.29, 0.717) is 13.0 Å². The van der Waals surface area contributed by atoms with Gasteiger partial charge in [-0.25, -0.2) is 4.79 Å². The van der Waals surface area contributed by atoms with E-state index in [9.17, 15) is 19.5 Å². The Bertz CT molecular complexity index is 1520. The molecule has 2 aromatic heterocycles. The van der Waals surface area contributed by atoms with Crippen LogP contribution in [0.3, 0.4) is 0 Å². The number of aliphatic hydroxyl groups excluding tert-OH is 1. The smallest absolute Gasteiger partial charge is 0.408 e. The number of ether oxygens (including phenoxy) is 2. The monoisotopic (exact) mass is 563 g/mol. The molecule has 2 atom stereocenters. The fourth-order valence-corrected chi connectivity index (χ4v) is 4.58. The average molecular weight is 564 g/mol. The number of amides is 3. The number of aliphatic hydroxyl groups is 1. The second kappa shape index (κ2) is 12.8. The predicted molar refractivity (Wildman–Crippen MR) is 156 cm³/mol. The lowest BCUT2D eigenvalue weighted by atomic mass is 10.0. The number of alkyl carbamates (subject to hydrolysis) is 1. The molecule has 11 nitrogen and oxygen atoms in total. The zero-order valence-electron chi connectivity index (χ0n) is 23.7. The van der Waals surface area contributed by atoms with Crippen molar-refractivity contribution < 1.29 is 29.0 Å². The van der Waals surface area contributed by atoms with E-state index in [1.807, 2.05) is 48.7 Å². The molecule has 4 rings (SSSR count). The third kappa shape index (κ3) is 7.57. The van der Waals surface area contributed by atoms with Gasteiger partial charge in [0.1, 0.15) is 23.4 Å². The van der Waals surface area contributed by atoms with Crippen molar-refractivity contribution in [3.05, 3.63) is 66.0 Å². The highest BCUT2D eigenvalue weighted by Crippen LogP contribution is 2.24. The molecule has 3 amide bonds. The predicted octanol–water partition coefficient (Wildman–Crippen LogP) is 2.93. The SMILES string of the molecule is COc1ccc2[nH]cc(CCNC(=O)[C@H](Cc3c[nH]c4ccccc34)NC(=O)[C@H](CO)NC(=O)OC(C)(C)C)c2c1. The number of rotatable bonds is 11. The van der Waals surface area contributed by atoms with Crippen molar-refractivity contribution in [2.45, 2.75) is 51.3 Å². The van der Waals surface area contributed by atoms with Crippen LogP contribution in [-0.4, -0.2) is 70.9 Å². The summed E-state index contributed by atoms with van der Waals surface area (Å²) >= 11 is 0. The highest BCUT2D eigenvalue weighted by atomic mass is 16.6. The first-order chi connectivity index (χ1) is 19.6. The van der Waals surface area contributed by atoms with E-state index in [-0.39, 0.29) is 6.42 Å². The zero-order valence-corrected chi connectivity index (χ0v) is 23.7. The topological polar surface area (TPSA) is 158 Å². The maximum absolute atomic E-state index is 13.4. The molecule has 0 saturated heterocycles. The first-order valence-corrected chi connectivity index (χ1v) is 13.5. The summed E-state index contributed by atoms with van der Waals surface area (Å²) in [4.78, 5) is 45.2. The van der Waals surface area contributed by atoms with Gasteiger partial charge in [0.25, 0.3) is 0 Å². The summed E-state index contributed by atoms with van der Waals surface area (Å²) in [6.45, 7) is 4.72. The lowest BCUT2D eigenvalue weighted by molar-refractivity contribution is -0.130. The van der Waals surface area contributed by atoms with E-state index in [1.54, 1.807) is 34.1 Å². The van der Waals surface area contributed by atoms with Crippen LogP contribution in [0.2, 0.25) is 0 Å². The third-order valence-electron chi connectivity index (χ3n) is 6.59. The molecule has 0 spiro atoms. The maximum Gasteiger partial charge on any atom is 0.408 e. The normalized spacial score (nSPS) is 13.0. The summed E-state index contributed by atoms with van der Waals surface area (Å²) in [6.07, 6.45) is 3.59. The van der Waals surface area contributed by atoms with Gasteiger partial charge >= 0.3 is 6.09 Å². The minimum atomic E-state index is -1.30. The lowest BCUT2D eigenvalue weighted by Crippen LogP contribution is -2.56. The van der Waals surface area contributed by atoms with Crippen molar-refractivity contribution in [1.29, 1.82) is 0 Å². The third-order valence-corrected chi connectivity index (χ3v) is 6.59. The van der Waals surface area contributed by atoms with E-state index < -0.39 is 42.2 Å². The molecule has 4 aromatic rings. The molecule has 2 heterocycles. The first-order valence-electron chi connectivity index (χ1n) is 13.5. The van der Waals surface area contributed by atoms with Crippen molar-refractivity contribution in [2.75, 3.05) is 20.3 Å². The number of nitrogens with one attached hydrogen (secondary N) is 5. The van der Waals surface area contributed by atoms with E-state index in [4.69, 9.17) is 9.47 Å². The van der Waals surface area contributed by atoms with Crippen molar-refractivity contribution in [2.24, 2.45) is 0 Å². The molecule has 218 valence electrons. The molecule has 0 aliphatic rings. The molecule has 0 fully saturated rings. The number of carbonyl (C=O) groups is 3. The van der Waals surface area contributed by atoms with E-state index in [1.165, 1.54) is 0 Å². The Balaban J connectivity index is 1.47. The molecule has 41 heavy (non-hydrogen) atoms. The minimum absolute atomic E-state index is 0.191. The number of benzene rings is 2. The Labute approximate surface area is 238 Å².